The number of ether oxygens (including phenoxy) is 2. The molecular formula is C28H32N4O3. The molecule has 2 aromatic carbocycles. The van der Waals surface area contributed by atoms with Crippen molar-refractivity contribution in [2.45, 2.75) is 38.3 Å². The van der Waals surface area contributed by atoms with Gasteiger partial charge in [0.1, 0.15) is 30.5 Å². The Kier molecular flexibility index (Phi) is 7.67. The summed E-state index contributed by atoms with van der Waals surface area (Å²) in [4.78, 5) is 19.2. The number of anilines is 1. The van der Waals surface area contributed by atoms with Crippen LogP contribution in [0.4, 0.5) is 10.6 Å². The third kappa shape index (κ3) is 5.63. The summed E-state index contributed by atoms with van der Waals surface area (Å²) in [5, 5.41) is 3.09. The molecule has 1 aliphatic heterocycles. The number of nitrogens with two attached hydrogens (primary N) is 1. The van der Waals surface area contributed by atoms with Crippen molar-refractivity contribution in [3.63, 3.8) is 0 Å². The number of pyridine rings is 1. The number of carbonyl (C=O) groups excluding carboxylic acids is 1. The highest BCUT2D eigenvalue weighted by atomic mass is 16.5. The van der Waals surface area contributed by atoms with Gasteiger partial charge in [-0.15, -0.1) is 0 Å². The van der Waals surface area contributed by atoms with E-state index in [1.165, 1.54) is 0 Å². The highest BCUT2D eigenvalue weighted by molar-refractivity contribution is 5.77. The molecule has 0 saturated carbocycles. The summed E-state index contributed by atoms with van der Waals surface area (Å²) in [7, 11) is 1.61. The molecule has 1 fully saturated rings. The number of hydrogen-bond donors (Lipinski definition) is 2. The number of benzene rings is 2. The Balaban J connectivity index is 1.53. The molecule has 0 aliphatic carbocycles. The Labute approximate surface area is 206 Å². The van der Waals surface area contributed by atoms with Gasteiger partial charge in [-0.05, 0) is 42.2 Å². The maximum absolute atomic E-state index is 13.4. The molecule has 1 aromatic heterocycles. The molecule has 2 heterocycles. The second-order valence-electron chi connectivity index (χ2n) is 8.76. The van der Waals surface area contributed by atoms with Gasteiger partial charge >= 0.3 is 6.03 Å². The van der Waals surface area contributed by atoms with E-state index < -0.39 is 6.23 Å². The molecule has 2 amide bonds. The van der Waals surface area contributed by atoms with Crippen LogP contribution in [0.25, 0.3) is 0 Å². The average molecular weight is 473 g/mol. The fraction of sp³-hybridized carbons (Fsp3) is 0.286. The van der Waals surface area contributed by atoms with Crippen molar-refractivity contribution in [1.29, 1.82) is 0 Å². The van der Waals surface area contributed by atoms with Crippen LogP contribution in [0.2, 0.25) is 0 Å². The molecule has 3 N–H and O–H groups in total. The average Bonchev–Trinajstić information content (AvgIpc) is 2.86. The van der Waals surface area contributed by atoms with Gasteiger partial charge in [0, 0.05) is 19.2 Å². The number of nitrogen functional groups attached to an aromatic ring is 1. The van der Waals surface area contributed by atoms with E-state index in [0.29, 0.717) is 24.6 Å². The van der Waals surface area contributed by atoms with Crippen LogP contribution in [0, 0.1) is 5.92 Å². The zero-order valence-corrected chi connectivity index (χ0v) is 20.1. The van der Waals surface area contributed by atoms with E-state index in [9.17, 15) is 4.79 Å². The van der Waals surface area contributed by atoms with E-state index in [1.807, 2.05) is 79.7 Å². The lowest BCUT2D eigenvalue weighted by molar-refractivity contribution is -0.162. The summed E-state index contributed by atoms with van der Waals surface area (Å²) in [5.74, 6) is 0.928. The summed E-state index contributed by atoms with van der Waals surface area (Å²) in [6.45, 7) is 6.54. The van der Waals surface area contributed by atoms with Crippen molar-refractivity contribution in [1.82, 2.24) is 15.2 Å². The number of methoxy groups -OCH3 is 1. The quantitative estimate of drug-likeness (QED) is 0.442. The van der Waals surface area contributed by atoms with Crippen LogP contribution in [-0.4, -0.2) is 35.3 Å². The van der Waals surface area contributed by atoms with Crippen LogP contribution in [0.5, 0.6) is 0 Å². The van der Waals surface area contributed by atoms with Gasteiger partial charge in [-0.3, -0.25) is 4.90 Å². The molecule has 3 unspecified atom stereocenters. The molecule has 0 radical (unpaired) electrons. The van der Waals surface area contributed by atoms with Gasteiger partial charge in [-0.25, -0.2) is 9.78 Å². The van der Waals surface area contributed by atoms with Gasteiger partial charge in [-0.2, -0.15) is 0 Å². The normalized spacial score (nSPS) is 19.9. The fourth-order valence-electron chi connectivity index (χ4n) is 4.58. The van der Waals surface area contributed by atoms with Crippen LogP contribution >= 0.6 is 0 Å². The number of aromatic nitrogens is 1. The predicted octanol–water partition coefficient (Wildman–Crippen LogP) is 4.68. The second-order valence-corrected chi connectivity index (χ2v) is 8.76. The SMILES string of the molecule is C=C(OCc1ccccc1)C1[C@@H](Cc2ccnc(N)c2)C(OC)N1C(=O)NC(C)c1ccccc1. The Hall–Kier alpha value is -3.84. The van der Waals surface area contributed by atoms with Crippen molar-refractivity contribution in [3.05, 3.63) is 108 Å². The zero-order valence-electron chi connectivity index (χ0n) is 20.1. The predicted molar refractivity (Wildman–Crippen MR) is 136 cm³/mol. The van der Waals surface area contributed by atoms with E-state index in [2.05, 4.69) is 16.9 Å². The number of nitrogens with zero attached hydrogens (tertiary/aromatic N) is 2. The molecular weight excluding hydrogens is 440 g/mol. The molecule has 182 valence electrons. The maximum Gasteiger partial charge on any atom is 0.320 e. The Morgan fingerprint density at radius 2 is 1.80 bits per heavy atom. The molecule has 1 saturated heterocycles. The Morgan fingerprint density at radius 1 is 1.11 bits per heavy atom. The molecule has 0 bridgehead atoms. The van der Waals surface area contributed by atoms with Crippen LogP contribution in [0.15, 0.2) is 91.3 Å². The van der Waals surface area contributed by atoms with Crippen molar-refractivity contribution >= 4 is 11.8 Å². The molecule has 3 aromatic rings. The maximum atomic E-state index is 13.4. The molecule has 4 atom stereocenters. The van der Waals surface area contributed by atoms with Gasteiger partial charge in [-0.1, -0.05) is 67.2 Å². The topological polar surface area (TPSA) is 89.7 Å². The standard InChI is InChI=1S/C28H32N4O3/c1-19(23-12-8-5-9-13-23)31-28(33)32-26(20(2)35-18-21-10-6-4-7-11-21)24(27(32)34-3)16-22-14-15-30-25(29)17-22/h4-15,17,19,24,26-27H,2,16,18H2,1,3H3,(H2,29,30)(H,31,33)/t19?,24-,26?,27?/m1/s1. The van der Waals surface area contributed by atoms with Crippen LogP contribution in [-0.2, 0) is 22.5 Å². The van der Waals surface area contributed by atoms with Crippen molar-refractivity contribution < 1.29 is 14.3 Å². The minimum Gasteiger partial charge on any atom is -0.492 e. The Morgan fingerprint density at radius 3 is 2.46 bits per heavy atom. The van der Waals surface area contributed by atoms with E-state index in [4.69, 9.17) is 15.2 Å². The summed E-state index contributed by atoms with van der Waals surface area (Å²) in [6, 6.07) is 22.7. The second kappa shape index (κ2) is 11.1. The van der Waals surface area contributed by atoms with E-state index in [-0.39, 0.29) is 24.0 Å². The number of likely N-dealkylation sites (tertiary alicyclic amines) is 1. The largest absolute Gasteiger partial charge is 0.492 e. The third-order valence-corrected chi connectivity index (χ3v) is 6.38. The summed E-state index contributed by atoms with van der Waals surface area (Å²) < 4.78 is 11.9. The van der Waals surface area contributed by atoms with Gasteiger partial charge in [0.2, 0.25) is 0 Å². The number of urea groups is 1. The number of hydrogen-bond acceptors (Lipinski definition) is 5. The zero-order chi connectivity index (χ0) is 24.8. The van der Waals surface area contributed by atoms with Gasteiger partial charge in [0.05, 0.1) is 6.04 Å². The summed E-state index contributed by atoms with van der Waals surface area (Å²) in [5.41, 5.74) is 8.96. The lowest BCUT2D eigenvalue weighted by Crippen LogP contribution is -2.69. The summed E-state index contributed by atoms with van der Waals surface area (Å²) in [6.07, 6.45) is 1.89. The number of nitrogens with one attached hydrogen (secondary N) is 1. The first-order chi connectivity index (χ1) is 17.0. The van der Waals surface area contributed by atoms with Crippen LogP contribution < -0.4 is 11.1 Å². The lowest BCUT2D eigenvalue weighted by atomic mass is 9.80. The van der Waals surface area contributed by atoms with E-state index in [1.54, 1.807) is 18.2 Å². The van der Waals surface area contributed by atoms with E-state index in [0.717, 1.165) is 16.7 Å². The first kappa shape index (κ1) is 24.3. The lowest BCUT2D eigenvalue weighted by Gasteiger charge is -2.54. The molecule has 35 heavy (non-hydrogen) atoms. The summed E-state index contributed by atoms with van der Waals surface area (Å²) >= 11 is 0. The number of rotatable bonds is 9. The van der Waals surface area contributed by atoms with Crippen molar-refractivity contribution in [2.75, 3.05) is 12.8 Å². The van der Waals surface area contributed by atoms with Gasteiger partial charge < -0.3 is 20.5 Å². The van der Waals surface area contributed by atoms with Gasteiger partial charge in [0.25, 0.3) is 0 Å². The molecule has 7 nitrogen and oxygen atoms in total. The van der Waals surface area contributed by atoms with Crippen LogP contribution in [0.3, 0.4) is 0 Å². The highest BCUT2D eigenvalue weighted by Gasteiger charge is 2.53. The van der Waals surface area contributed by atoms with E-state index >= 15 is 0 Å². The minimum absolute atomic E-state index is 0.0529. The Bertz CT molecular complexity index is 1140. The molecule has 1 aliphatic rings. The number of amides is 2. The third-order valence-electron chi connectivity index (χ3n) is 6.38. The monoisotopic (exact) mass is 472 g/mol. The molecule has 7 heteroatoms. The first-order valence-corrected chi connectivity index (χ1v) is 11.7. The molecule has 4 rings (SSSR count). The number of carbonyl (C=O) groups is 1. The van der Waals surface area contributed by atoms with Crippen LogP contribution in [0.1, 0.15) is 29.7 Å². The van der Waals surface area contributed by atoms with Crippen molar-refractivity contribution in [3.8, 4) is 0 Å². The minimum atomic E-state index is -0.436. The smallest absolute Gasteiger partial charge is 0.320 e. The fourth-order valence-corrected chi connectivity index (χ4v) is 4.58. The van der Waals surface area contributed by atoms with Gasteiger partial charge in [0.15, 0.2) is 0 Å². The van der Waals surface area contributed by atoms with Crippen molar-refractivity contribution in [2.24, 2.45) is 5.92 Å². The highest BCUT2D eigenvalue weighted by Crippen LogP contribution is 2.40. The molecule has 0 spiro atoms. The first-order valence-electron chi connectivity index (χ1n) is 11.7.